The van der Waals surface area contributed by atoms with Gasteiger partial charge in [-0.1, -0.05) is 32.0 Å². The minimum absolute atomic E-state index is 0.137. The molecule has 0 radical (unpaired) electrons. The minimum atomic E-state index is -0.995. The number of likely N-dealkylation sites (N-methyl/N-ethyl adjacent to an activating group) is 1. The number of rotatable bonds is 1. The second-order valence-electron chi connectivity index (χ2n) is 4.21. The maximum absolute atomic E-state index is 12.2. The highest BCUT2D eigenvalue weighted by atomic mass is 16.2. The zero-order valence-corrected chi connectivity index (χ0v) is 12.1. The highest BCUT2D eigenvalue weighted by Gasteiger charge is 2.46. The lowest BCUT2D eigenvalue weighted by atomic mass is 9.94. The molecule has 1 aromatic rings. The summed E-state index contributed by atoms with van der Waals surface area (Å²) in [5, 5.41) is 5.16. The summed E-state index contributed by atoms with van der Waals surface area (Å²) in [4.78, 5) is 25.2. The van der Waals surface area contributed by atoms with E-state index in [4.69, 9.17) is 0 Å². The second-order valence-corrected chi connectivity index (χ2v) is 4.21. The van der Waals surface area contributed by atoms with Crippen LogP contribution in [0.3, 0.4) is 0 Å². The van der Waals surface area contributed by atoms with E-state index in [1.165, 1.54) is 7.05 Å². The predicted octanol–water partition coefficient (Wildman–Crippen LogP) is 1.83. The van der Waals surface area contributed by atoms with E-state index in [-0.39, 0.29) is 11.9 Å². The summed E-state index contributed by atoms with van der Waals surface area (Å²) in [7, 11) is 3.23. The summed E-state index contributed by atoms with van der Waals surface area (Å²) in [5.41, 5.74) is 0.651. The number of carbonyl (C=O) groups excluding carboxylic acids is 2. The van der Waals surface area contributed by atoms with Crippen LogP contribution in [0.1, 0.15) is 26.3 Å². The molecular formula is C14H21N3O2. The van der Waals surface area contributed by atoms with Gasteiger partial charge in [-0.15, -0.1) is 0 Å². The van der Waals surface area contributed by atoms with Crippen molar-refractivity contribution in [3.05, 3.63) is 29.8 Å². The van der Waals surface area contributed by atoms with E-state index in [0.717, 1.165) is 11.3 Å². The average Bonchev–Trinajstić information content (AvgIpc) is 2.64. The number of hydrogen-bond donors (Lipinski definition) is 2. The van der Waals surface area contributed by atoms with Crippen molar-refractivity contribution < 1.29 is 9.59 Å². The Morgan fingerprint density at radius 1 is 1.26 bits per heavy atom. The molecule has 1 aromatic carbocycles. The van der Waals surface area contributed by atoms with Crippen LogP contribution in [0.25, 0.3) is 0 Å². The van der Waals surface area contributed by atoms with Crippen LogP contribution in [0.15, 0.2) is 24.3 Å². The molecule has 0 bridgehead atoms. The number of amides is 3. The van der Waals surface area contributed by atoms with Crippen molar-refractivity contribution in [1.82, 2.24) is 10.6 Å². The zero-order valence-electron chi connectivity index (χ0n) is 12.1. The van der Waals surface area contributed by atoms with Gasteiger partial charge in [-0.05, 0) is 13.0 Å². The third-order valence-corrected chi connectivity index (χ3v) is 3.13. The van der Waals surface area contributed by atoms with E-state index < -0.39 is 5.54 Å². The molecule has 1 aliphatic heterocycles. The Hall–Kier alpha value is -2.04. The van der Waals surface area contributed by atoms with E-state index in [1.807, 2.05) is 38.1 Å². The third kappa shape index (κ3) is 2.41. The van der Waals surface area contributed by atoms with Gasteiger partial charge in [-0.2, -0.15) is 0 Å². The van der Waals surface area contributed by atoms with E-state index >= 15 is 0 Å². The molecule has 0 spiro atoms. The van der Waals surface area contributed by atoms with Crippen molar-refractivity contribution in [3.63, 3.8) is 0 Å². The number of fused-ring (bicyclic) bond motifs is 1. The number of para-hydroxylation sites is 1. The van der Waals surface area contributed by atoms with Gasteiger partial charge in [0.25, 0.3) is 5.91 Å². The fourth-order valence-corrected chi connectivity index (χ4v) is 2.16. The Bertz CT molecular complexity index is 487. The fraction of sp³-hybridized carbons (Fsp3) is 0.429. The molecule has 0 aromatic heterocycles. The summed E-state index contributed by atoms with van der Waals surface area (Å²) < 4.78 is 0. The molecule has 3 amide bonds. The standard InChI is InChI=1S/C12H15N3O2.C2H6/c1-12(14-11(17)13-2)8-6-4-5-7-9(8)15(3)10(12)16;1-2/h4-7H,1-3H3,(H2,13,14,17);1-2H3. The molecule has 2 N–H and O–H groups in total. The number of anilines is 1. The first-order valence-corrected chi connectivity index (χ1v) is 6.38. The molecule has 0 saturated carbocycles. The first-order valence-electron chi connectivity index (χ1n) is 6.38. The monoisotopic (exact) mass is 263 g/mol. The van der Waals surface area contributed by atoms with Crippen molar-refractivity contribution in [1.29, 1.82) is 0 Å². The number of nitrogens with zero attached hydrogens (tertiary/aromatic N) is 1. The number of benzene rings is 1. The maximum atomic E-state index is 12.2. The lowest BCUT2D eigenvalue weighted by Crippen LogP contribution is -2.52. The highest BCUT2D eigenvalue weighted by Crippen LogP contribution is 2.38. The molecule has 0 aliphatic carbocycles. The minimum Gasteiger partial charge on any atom is -0.341 e. The average molecular weight is 263 g/mol. The smallest absolute Gasteiger partial charge is 0.315 e. The third-order valence-electron chi connectivity index (χ3n) is 3.13. The van der Waals surface area contributed by atoms with Crippen molar-refractivity contribution in [3.8, 4) is 0 Å². The van der Waals surface area contributed by atoms with Gasteiger partial charge in [0, 0.05) is 25.3 Å². The summed E-state index contributed by atoms with van der Waals surface area (Å²) >= 11 is 0. The predicted molar refractivity (Wildman–Crippen MR) is 76.1 cm³/mol. The van der Waals surface area contributed by atoms with Crippen LogP contribution in [-0.2, 0) is 10.3 Å². The van der Waals surface area contributed by atoms with Gasteiger partial charge in [-0.25, -0.2) is 4.79 Å². The normalized spacial score (nSPS) is 20.3. The molecule has 1 unspecified atom stereocenters. The zero-order chi connectivity index (χ0) is 14.6. The highest BCUT2D eigenvalue weighted by molar-refractivity contribution is 6.08. The Morgan fingerprint density at radius 2 is 1.84 bits per heavy atom. The van der Waals surface area contributed by atoms with Crippen LogP contribution in [0.4, 0.5) is 10.5 Å². The fourth-order valence-electron chi connectivity index (χ4n) is 2.16. The van der Waals surface area contributed by atoms with E-state index in [2.05, 4.69) is 10.6 Å². The quantitative estimate of drug-likeness (QED) is 0.812. The topological polar surface area (TPSA) is 61.4 Å². The van der Waals surface area contributed by atoms with E-state index in [9.17, 15) is 9.59 Å². The Balaban J connectivity index is 0.000000861. The van der Waals surface area contributed by atoms with Crippen LogP contribution in [0.5, 0.6) is 0 Å². The Kier molecular flexibility index (Phi) is 4.53. The number of carbonyl (C=O) groups is 2. The van der Waals surface area contributed by atoms with Crippen LogP contribution in [0.2, 0.25) is 0 Å². The van der Waals surface area contributed by atoms with Crippen molar-refractivity contribution in [2.24, 2.45) is 0 Å². The first-order chi connectivity index (χ1) is 9.00. The van der Waals surface area contributed by atoms with Gasteiger partial charge in [0.05, 0.1) is 0 Å². The molecule has 0 fully saturated rings. The van der Waals surface area contributed by atoms with Gasteiger partial charge in [0.2, 0.25) is 0 Å². The number of urea groups is 1. The molecule has 19 heavy (non-hydrogen) atoms. The molecule has 1 atom stereocenters. The molecular weight excluding hydrogens is 242 g/mol. The van der Waals surface area contributed by atoms with Gasteiger partial charge in [-0.3, -0.25) is 4.79 Å². The molecule has 0 saturated heterocycles. The Labute approximate surface area is 114 Å². The molecule has 1 heterocycles. The van der Waals surface area contributed by atoms with Gasteiger partial charge >= 0.3 is 6.03 Å². The van der Waals surface area contributed by atoms with E-state index in [1.54, 1.807) is 18.9 Å². The SMILES string of the molecule is CC.CNC(=O)NC1(C)C(=O)N(C)c2ccccc21. The lowest BCUT2D eigenvalue weighted by Gasteiger charge is -2.24. The number of nitrogens with one attached hydrogen (secondary N) is 2. The summed E-state index contributed by atoms with van der Waals surface area (Å²) in [5.74, 6) is -0.137. The summed E-state index contributed by atoms with van der Waals surface area (Å²) in [6.07, 6.45) is 0. The van der Waals surface area contributed by atoms with Crippen LogP contribution < -0.4 is 15.5 Å². The Morgan fingerprint density at radius 3 is 2.42 bits per heavy atom. The van der Waals surface area contributed by atoms with Gasteiger partial charge in [0.1, 0.15) is 5.54 Å². The maximum Gasteiger partial charge on any atom is 0.315 e. The van der Waals surface area contributed by atoms with Gasteiger partial charge < -0.3 is 15.5 Å². The molecule has 2 rings (SSSR count). The van der Waals surface area contributed by atoms with Crippen LogP contribution in [-0.4, -0.2) is 26.0 Å². The van der Waals surface area contributed by atoms with Gasteiger partial charge in [0.15, 0.2) is 0 Å². The van der Waals surface area contributed by atoms with Crippen molar-refractivity contribution >= 4 is 17.6 Å². The van der Waals surface area contributed by atoms with Crippen molar-refractivity contribution in [2.45, 2.75) is 26.3 Å². The summed E-state index contributed by atoms with van der Waals surface area (Å²) in [6, 6.07) is 7.07. The molecule has 1 aliphatic rings. The summed E-state index contributed by atoms with van der Waals surface area (Å²) in [6.45, 7) is 5.72. The first kappa shape index (κ1) is 15.0. The second kappa shape index (κ2) is 5.73. The lowest BCUT2D eigenvalue weighted by molar-refractivity contribution is -0.123. The molecule has 104 valence electrons. The molecule has 5 heteroatoms. The largest absolute Gasteiger partial charge is 0.341 e. The van der Waals surface area contributed by atoms with E-state index in [0.29, 0.717) is 0 Å². The van der Waals surface area contributed by atoms with Crippen LogP contribution >= 0.6 is 0 Å². The number of hydrogen-bond acceptors (Lipinski definition) is 2. The molecule has 5 nitrogen and oxygen atoms in total. The van der Waals surface area contributed by atoms with Crippen molar-refractivity contribution in [2.75, 3.05) is 19.0 Å². The van der Waals surface area contributed by atoms with Crippen LogP contribution in [0, 0.1) is 0 Å².